The van der Waals surface area contributed by atoms with Crippen molar-refractivity contribution in [3.63, 3.8) is 0 Å². The largest absolute Gasteiger partial charge is 0.300 e. The Labute approximate surface area is 200 Å². The van der Waals surface area contributed by atoms with Gasteiger partial charge in [-0.15, -0.1) is 11.8 Å². The molecule has 2 heterocycles. The Morgan fingerprint density at radius 1 is 0.882 bits per heavy atom. The molecular formula is C27H23FN4OS. The lowest BCUT2D eigenvalue weighted by Crippen LogP contribution is -2.19. The Morgan fingerprint density at radius 3 is 2.29 bits per heavy atom. The third-order valence-electron chi connectivity index (χ3n) is 5.75. The van der Waals surface area contributed by atoms with Crippen LogP contribution in [0.2, 0.25) is 0 Å². The Hall–Kier alpha value is -3.58. The minimum Gasteiger partial charge on any atom is -0.265 e. The Kier molecular flexibility index (Phi) is 5.87. The van der Waals surface area contributed by atoms with Crippen molar-refractivity contribution >= 4 is 28.3 Å². The zero-order valence-electron chi connectivity index (χ0n) is 19.1. The van der Waals surface area contributed by atoms with Crippen molar-refractivity contribution in [1.29, 1.82) is 0 Å². The van der Waals surface area contributed by atoms with E-state index in [0.29, 0.717) is 23.0 Å². The molecule has 0 bridgehead atoms. The molecule has 34 heavy (non-hydrogen) atoms. The van der Waals surface area contributed by atoms with E-state index in [2.05, 4.69) is 18.8 Å². The first kappa shape index (κ1) is 22.2. The summed E-state index contributed by atoms with van der Waals surface area (Å²) in [6, 6.07) is 21.8. The molecule has 0 spiro atoms. The minimum absolute atomic E-state index is 0.134. The van der Waals surface area contributed by atoms with E-state index in [-0.39, 0.29) is 22.3 Å². The second-order valence-electron chi connectivity index (χ2n) is 8.48. The summed E-state index contributed by atoms with van der Waals surface area (Å²) in [6.07, 6.45) is 0. The average molecular weight is 471 g/mol. The monoisotopic (exact) mass is 470 g/mol. The fourth-order valence-electron chi connectivity index (χ4n) is 3.89. The van der Waals surface area contributed by atoms with Gasteiger partial charge in [0.05, 0.1) is 10.8 Å². The molecule has 170 valence electrons. The highest BCUT2D eigenvalue weighted by atomic mass is 32.2. The zero-order chi connectivity index (χ0) is 23.8. The van der Waals surface area contributed by atoms with E-state index in [1.807, 2.05) is 55.5 Å². The number of hydrogen-bond acceptors (Lipinski definition) is 5. The fourth-order valence-corrected chi connectivity index (χ4v) is 4.85. The summed E-state index contributed by atoms with van der Waals surface area (Å²) in [5.41, 5.74) is 3.03. The summed E-state index contributed by atoms with van der Waals surface area (Å²) in [5, 5.41) is 5.38. The van der Waals surface area contributed by atoms with Crippen LogP contribution < -0.4 is 5.56 Å². The van der Waals surface area contributed by atoms with E-state index in [0.717, 1.165) is 15.8 Å². The first-order valence-corrected chi connectivity index (χ1v) is 12.0. The van der Waals surface area contributed by atoms with Crippen LogP contribution in [0.4, 0.5) is 4.39 Å². The molecule has 0 saturated heterocycles. The lowest BCUT2D eigenvalue weighted by atomic mass is 10.0. The van der Waals surface area contributed by atoms with Crippen molar-refractivity contribution in [2.45, 2.75) is 36.8 Å². The molecule has 2 aromatic heterocycles. The Balaban J connectivity index is 1.69. The van der Waals surface area contributed by atoms with E-state index in [9.17, 15) is 9.18 Å². The van der Waals surface area contributed by atoms with E-state index >= 15 is 0 Å². The molecule has 1 atom stereocenters. The van der Waals surface area contributed by atoms with Gasteiger partial charge in [-0.05, 0) is 54.8 Å². The summed E-state index contributed by atoms with van der Waals surface area (Å²) in [5.74, 6) is 0.780. The molecule has 1 unspecified atom stereocenters. The summed E-state index contributed by atoms with van der Waals surface area (Å²) >= 11 is 1.54. The van der Waals surface area contributed by atoms with Crippen LogP contribution in [0.3, 0.4) is 0 Å². The third kappa shape index (κ3) is 4.19. The molecule has 0 aliphatic heterocycles. The van der Waals surface area contributed by atoms with Crippen molar-refractivity contribution < 1.29 is 4.39 Å². The first-order valence-electron chi connectivity index (χ1n) is 11.1. The van der Waals surface area contributed by atoms with Crippen LogP contribution in [0.25, 0.3) is 27.8 Å². The van der Waals surface area contributed by atoms with Gasteiger partial charge in [0.1, 0.15) is 11.6 Å². The Bertz CT molecular complexity index is 1550. The first-order chi connectivity index (χ1) is 16.4. The van der Waals surface area contributed by atoms with Crippen LogP contribution in [0.1, 0.15) is 43.3 Å². The van der Waals surface area contributed by atoms with Crippen LogP contribution in [-0.2, 0) is 0 Å². The van der Waals surface area contributed by atoms with Crippen molar-refractivity contribution in [3.8, 4) is 11.3 Å². The number of nitrogens with zero attached hydrogens (tertiary/aromatic N) is 4. The number of benzene rings is 3. The van der Waals surface area contributed by atoms with Crippen LogP contribution in [0, 0.1) is 5.82 Å². The maximum Gasteiger partial charge on any atom is 0.300 e. The fraction of sp³-hybridized carbons (Fsp3) is 0.185. The average Bonchev–Trinajstić information content (AvgIpc) is 2.84. The molecule has 0 radical (unpaired) electrons. The minimum atomic E-state index is -0.376. The van der Waals surface area contributed by atoms with Crippen LogP contribution in [0.15, 0.2) is 82.5 Å². The SMILES string of the molecule is CC(C)c1ccc(-c2nn3c(C(C)Sc4ccc(F)cc4)nc4ccccc4c3nc2=O)cc1. The van der Waals surface area contributed by atoms with Gasteiger partial charge in [0, 0.05) is 15.8 Å². The van der Waals surface area contributed by atoms with Gasteiger partial charge in [-0.3, -0.25) is 4.79 Å². The van der Waals surface area contributed by atoms with Gasteiger partial charge in [0.15, 0.2) is 11.3 Å². The third-order valence-corrected chi connectivity index (χ3v) is 6.86. The van der Waals surface area contributed by atoms with E-state index in [4.69, 9.17) is 10.1 Å². The molecular weight excluding hydrogens is 447 g/mol. The second kappa shape index (κ2) is 8.99. The lowest BCUT2D eigenvalue weighted by molar-refractivity contribution is 0.626. The second-order valence-corrected chi connectivity index (χ2v) is 9.89. The predicted octanol–water partition coefficient (Wildman–Crippen LogP) is 6.42. The van der Waals surface area contributed by atoms with Gasteiger partial charge in [-0.2, -0.15) is 14.6 Å². The van der Waals surface area contributed by atoms with Crippen molar-refractivity contribution in [1.82, 2.24) is 19.6 Å². The highest BCUT2D eigenvalue weighted by Crippen LogP contribution is 2.35. The molecule has 7 heteroatoms. The number of fused-ring (bicyclic) bond motifs is 3. The molecule has 0 fully saturated rings. The van der Waals surface area contributed by atoms with E-state index < -0.39 is 0 Å². The maximum atomic E-state index is 13.4. The summed E-state index contributed by atoms with van der Waals surface area (Å²) in [6.45, 7) is 6.27. The van der Waals surface area contributed by atoms with Gasteiger partial charge in [0.2, 0.25) is 0 Å². The standard InChI is InChI=1S/C27H23FN4OS/c1-16(2)18-8-10-19(11-9-18)24-27(33)30-26-22-6-4-5-7-23(22)29-25(32(26)31-24)17(3)34-21-14-12-20(28)13-15-21/h4-17H,1-3H3. The number of hydrogen-bond donors (Lipinski definition) is 0. The van der Waals surface area contributed by atoms with Gasteiger partial charge in [0.25, 0.3) is 5.56 Å². The van der Waals surface area contributed by atoms with Crippen molar-refractivity contribution in [2.75, 3.05) is 0 Å². The molecule has 0 aliphatic carbocycles. The highest BCUT2D eigenvalue weighted by molar-refractivity contribution is 7.99. The van der Waals surface area contributed by atoms with Gasteiger partial charge in [-0.1, -0.05) is 50.2 Å². The van der Waals surface area contributed by atoms with E-state index in [1.54, 1.807) is 28.4 Å². The van der Waals surface area contributed by atoms with Crippen LogP contribution >= 0.6 is 11.8 Å². The smallest absolute Gasteiger partial charge is 0.265 e. The number of aromatic nitrogens is 4. The zero-order valence-corrected chi connectivity index (χ0v) is 19.9. The predicted molar refractivity (Wildman–Crippen MR) is 135 cm³/mol. The van der Waals surface area contributed by atoms with Crippen molar-refractivity contribution in [3.05, 3.63) is 100 Å². The van der Waals surface area contributed by atoms with Crippen LogP contribution in [-0.4, -0.2) is 19.6 Å². The number of thioether (sulfide) groups is 1. The van der Waals surface area contributed by atoms with E-state index in [1.165, 1.54) is 17.7 Å². The number of para-hydroxylation sites is 1. The molecule has 0 saturated carbocycles. The van der Waals surface area contributed by atoms with Gasteiger partial charge < -0.3 is 0 Å². The molecule has 0 N–H and O–H groups in total. The van der Waals surface area contributed by atoms with Crippen LogP contribution in [0.5, 0.6) is 0 Å². The molecule has 0 aliphatic rings. The summed E-state index contributed by atoms with van der Waals surface area (Å²) in [7, 11) is 0. The number of rotatable bonds is 5. The topological polar surface area (TPSA) is 60.1 Å². The molecule has 5 nitrogen and oxygen atoms in total. The molecule has 0 amide bonds. The van der Waals surface area contributed by atoms with Gasteiger partial charge >= 0.3 is 0 Å². The summed E-state index contributed by atoms with van der Waals surface area (Å²) < 4.78 is 15.0. The summed E-state index contributed by atoms with van der Waals surface area (Å²) in [4.78, 5) is 23.3. The molecule has 5 aromatic rings. The highest BCUT2D eigenvalue weighted by Gasteiger charge is 2.19. The maximum absolute atomic E-state index is 13.4. The molecule has 3 aromatic carbocycles. The molecule has 5 rings (SSSR count). The Morgan fingerprint density at radius 2 is 1.59 bits per heavy atom. The quantitative estimate of drug-likeness (QED) is 0.219. The van der Waals surface area contributed by atoms with Crippen molar-refractivity contribution in [2.24, 2.45) is 0 Å². The number of halogens is 1. The van der Waals surface area contributed by atoms with Gasteiger partial charge in [-0.25, -0.2) is 9.37 Å². The normalized spacial score (nSPS) is 12.5. The lowest BCUT2D eigenvalue weighted by Gasteiger charge is -2.16.